The SMILES string of the molecule is O=C(NCCCN1c2ccccc2Sc2ccccc21)c1cccnc1Nc1cccc(F)c1. The second kappa shape index (κ2) is 9.97. The van der Waals surface area contributed by atoms with Gasteiger partial charge in [-0.3, -0.25) is 4.79 Å². The van der Waals surface area contributed by atoms with Crippen molar-refractivity contribution in [3.8, 4) is 0 Å². The molecule has 0 spiro atoms. The van der Waals surface area contributed by atoms with Gasteiger partial charge in [0.2, 0.25) is 0 Å². The van der Waals surface area contributed by atoms with Crippen LogP contribution in [0.4, 0.5) is 27.3 Å². The first-order valence-corrected chi connectivity index (χ1v) is 11.9. The molecule has 4 aromatic rings. The number of benzene rings is 3. The third-order valence-corrected chi connectivity index (χ3v) is 6.65. The summed E-state index contributed by atoms with van der Waals surface area (Å²) in [5, 5.41) is 6.04. The number of aromatic nitrogens is 1. The molecule has 1 amide bonds. The molecule has 1 aromatic heterocycles. The second-order valence-corrected chi connectivity index (χ2v) is 8.92. The van der Waals surface area contributed by atoms with Crippen molar-refractivity contribution in [2.75, 3.05) is 23.3 Å². The number of nitrogens with one attached hydrogen (secondary N) is 2. The third kappa shape index (κ3) is 4.75. The predicted octanol–water partition coefficient (Wildman–Crippen LogP) is 6.39. The summed E-state index contributed by atoms with van der Waals surface area (Å²) < 4.78 is 13.5. The molecule has 0 radical (unpaired) electrons. The molecule has 0 saturated heterocycles. The summed E-state index contributed by atoms with van der Waals surface area (Å²) in [6.07, 6.45) is 2.37. The number of carbonyl (C=O) groups excluding carboxylic acids is 1. The number of para-hydroxylation sites is 2. The highest BCUT2D eigenvalue weighted by Crippen LogP contribution is 2.47. The van der Waals surface area contributed by atoms with Gasteiger partial charge in [0.25, 0.3) is 5.91 Å². The van der Waals surface area contributed by atoms with Crippen molar-refractivity contribution in [3.05, 3.63) is 103 Å². The molecule has 5 rings (SSSR count). The highest BCUT2D eigenvalue weighted by molar-refractivity contribution is 7.99. The maximum Gasteiger partial charge on any atom is 0.255 e. The van der Waals surface area contributed by atoms with Crippen LogP contribution in [-0.4, -0.2) is 24.0 Å². The first-order chi connectivity index (χ1) is 16.7. The Bertz CT molecular complexity index is 1280. The van der Waals surface area contributed by atoms with E-state index in [0.29, 0.717) is 23.6 Å². The van der Waals surface area contributed by atoms with Gasteiger partial charge in [-0.2, -0.15) is 0 Å². The van der Waals surface area contributed by atoms with Crippen LogP contribution in [0.5, 0.6) is 0 Å². The van der Waals surface area contributed by atoms with Gasteiger partial charge >= 0.3 is 0 Å². The Balaban J connectivity index is 1.24. The zero-order chi connectivity index (χ0) is 23.3. The summed E-state index contributed by atoms with van der Waals surface area (Å²) in [7, 11) is 0. The Morgan fingerprint density at radius 2 is 1.65 bits per heavy atom. The zero-order valence-electron chi connectivity index (χ0n) is 18.4. The normalized spacial score (nSPS) is 12.0. The molecule has 170 valence electrons. The first-order valence-electron chi connectivity index (χ1n) is 11.1. The molecule has 0 bridgehead atoms. The van der Waals surface area contributed by atoms with Gasteiger partial charge in [0.15, 0.2) is 0 Å². The van der Waals surface area contributed by atoms with Crippen LogP contribution in [0.15, 0.2) is 101 Å². The Morgan fingerprint density at radius 3 is 2.38 bits per heavy atom. The molecular formula is C27H23FN4OS. The minimum Gasteiger partial charge on any atom is -0.352 e. The first kappa shape index (κ1) is 22.0. The van der Waals surface area contributed by atoms with Gasteiger partial charge in [0.05, 0.1) is 16.9 Å². The fraction of sp³-hybridized carbons (Fsp3) is 0.111. The largest absolute Gasteiger partial charge is 0.352 e. The number of hydrogen-bond donors (Lipinski definition) is 2. The van der Waals surface area contributed by atoms with Crippen molar-refractivity contribution in [2.45, 2.75) is 16.2 Å². The quantitative estimate of drug-likeness (QED) is 0.307. The summed E-state index contributed by atoms with van der Waals surface area (Å²) in [6.45, 7) is 1.29. The topological polar surface area (TPSA) is 57.3 Å². The number of carbonyl (C=O) groups is 1. The number of fused-ring (bicyclic) bond motifs is 2. The van der Waals surface area contributed by atoms with Crippen LogP contribution < -0.4 is 15.5 Å². The molecule has 7 heteroatoms. The fourth-order valence-electron chi connectivity index (χ4n) is 3.95. The van der Waals surface area contributed by atoms with E-state index in [1.54, 1.807) is 42.2 Å². The summed E-state index contributed by atoms with van der Waals surface area (Å²) in [5.74, 6) is -0.185. The van der Waals surface area contributed by atoms with E-state index in [-0.39, 0.29) is 11.7 Å². The van der Waals surface area contributed by atoms with E-state index in [1.165, 1.54) is 33.3 Å². The highest BCUT2D eigenvalue weighted by Gasteiger charge is 2.22. The molecule has 2 heterocycles. The van der Waals surface area contributed by atoms with Crippen molar-refractivity contribution in [1.29, 1.82) is 0 Å². The van der Waals surface area contributed by atoms with Crippen molar-refractivity contribution < 1.29 is 9.18 Å². The minimum atomic E-state index is -0.355. The van der Waals surface area contributed by atoms with Gasteiger partial charge < -0.3 is 15.5 Å². The standard InChI is InChI=1S/C27H23FN4OS/c28-19-8-5-9-20(18-19)31-26-21(10-6-15-29-26)27(33)30-16-7-17-32-22-11-1-3-13-24(22)34-25-14-4-2-12-23(25)32/h1-6,8-15,18H,7,16-17H2,(H,29,31)(H,30,33). The summed E-state index contributed by atoms with van der Waals surface area (Å²) in [5.41, 5.74) is 3.32. The Labute approximate surface area is 202 Å². The van der Waals surface area contributed by atoms with E-state index in [2.05, 4.69) is 69.0 Å². The van der Waals surface area contributed by atoms with Gasteiger partial charge in [0, 0.05) is 34.8 Å². The van der Waals surface area contributed by atoms with Gasteiger partial charge in [-0.1, -0.05) is 42.1 Å². The lowest BCUT2D eigenvalue weighted by molar-refractivity contribution is 0.0954. The molecule has 1 aliphatic rings. The lowest BCUT2D eigenvalue weighted by Crippen LogP contribution is -2.29. The maximum absolute atomic E-state index is 13.5. The van der Waals surface area contributed by atoms with Crippen LogP contribution >= 0.6 is 11.8 Å². The number of anilines is 4. The van der Waals surface area contributed by atoms with Crippen molar-refractivity contribution in [2.24, 2.45) is 0 Å². The van der Waals surface area contributed by atoms with Crippen LogP contribution in [0.1, 0.15) is 16.8 Å². The molecule has 0 saturated carbocycles. The van der Waals surface area contributed by atoms with E-state index >= 15 is 0 Å². The van der Waals surface area contributed by atoms with Gasteiger partial charge in [-0.25, -0.2) is 9.37 Å². The summed E-state index contributed by atoms with van der Waals surface area (Å²) in [6, 6.07) is 26.3. The molecule has 0 atom stereocenters. The average molecular weight is 471 g/mol. The molecule has 3 aromatic carbocycles. The molecule has 1 aliphatic heterocycles. The number of halogens is 1. The molecule has 2 N–H and O–H groups in total. The average Bonchev–Trinajstić information content (AvgIpc) is 2.86. The Hall–Kier alpha value is -3.84. The molecule has 0 fully saturated rings. The summed E-state index contributed by atoms with van der Waals surface area (Å²) >= 11 is 1.78. The molecule has 5 nitrogen and oxygen atoms in total. The molecule has 0 aliphatic carbocycles. The van der Waals surface area contributed by atoms with Gasteiger partial charge in [-0.05, 0) is 61.0 Å². The number of amides is 1. The predicted molar refractivity (Wildman–Crippen MR) is 135 cm³/mol. The number of pyridine rings is 1. The summed E-state index contributed by atoms with van der Waals surface area (Å²) in [4.78, 5) is 21.9. The lowest BCUT2D eigenvalue weighted by Gasteiger charge is -2.32. The number of rotatable bonds is 7. The third-order valence-electron chi connectivity index (χ3n) is 5.52. The van der Waals surface area contributed by atoms with Crippen LogP contribution in [0, 0.1) is 5.82 Å². The highest BCUT2D eigenvalue weighted by atomic mass is 32.2. The Kier molecular flexibility index (Phi) is 6.44. The van der Waals surface area contributed by atoms with E-state index in [1.807, 2.05) is 0 Å². The smallest absolute Gasteiger partial charge is 0.255 e. The number of nitrogens with zero attached hydrogens (tertiary/aromatic N) is 2. The van der Waals surface area contributed by atoms with E-state index in [9.17, 15) is 9.18 Å². The van der Waals surface area contributed by atoms with Crippen LogP contribution in [0.2, 0.25) is 0 Å². The van der Waals surface area contributed by atoms with E-state index in [0.717, 1.165) is 13.0 Å². The van der Waals surface area contributed by atoms with E-state index in [4.69, 9.17) is 0 Å². The second-order valence-electron chi connectivity index (χ2n) is 7.83. The van der Waals surface area contributed by atoms with Crippen LogP contribution in [0.3, 0.4) is 0 Å². The van der Waals surface area contributed by atoms with E-state index < -0.39 is 0 Å². The molecule has 34 heavy (non-hydrogen) atoms. The molecular weight excluding hydrogens is 447 g/mol. The zero-order valence-corrected chi connectivity index (χ0v) is 19.2. The van der Waals surface area contributed by atoms with Crippen LogP contribution in [-0.2, 0) is 0 Å². The lowest BCUT2D eigenvalue weighted by atomic mass is 10.2. The maximum atomic E-state index is 13.5. The van der Waals surface area contributed by atoms with Crippen molar-refractivity contribution in [3.63, 3.8) is 0 Å². The van der Waals surface area contributed by atoms with Crippen molar-refractivity contribution >= 4 is 40.5 Å². The van der Waals surface area contributed by atoms with Gasteiger partial charge in [-0.15, -0.1) is 0 Å². The fourth-order valence-corrected chi connectivity index (χ4v) is 5.04. The minimum absolute atomic E-state index is 0.220. The number of hydrogen-bond acceptors (Lipinski definition) is 5. The Morgan fingerprint density at radius 1 is 0.912 bits per heavy atom. The van der Waals surface area contributed by atoms with Crippen molar-refractivity contribution in [1.82, 2.24) is 10.3 Å². The monoisotopic (exact) mass is 470 g/mol. The van der Waals surface area contributed by atoms with Crippen LogP contribution in [0.25, 0.3) is 0 Å². The molecule has 0 unspecified atom stereocenters. The van der Waals surface area contributed by atoms with Gasteiger partial charge in [0.1, 0.15) is 11.6 Å².